The van der Waals surface area contributed by atoms with Gasteiger partial charge in [0.1, 0.15) is 5.82 Å². The predicted octanol–water partition coefficient (Wildman–Crippen LogP) is 0.945. The number of hydrogen-bond donors (Lipinski definition) is 0. The highest BCUT2D eigenvalue weighted by Gasteiger charge is 2.26. The molecule has 0 spiro atoms. The van der Waals surface area contributed by atoms with Crippen LogP contribution < -0.4 is 0 Å². The molecule has 16 heavy (non-hydrogen) atoms. The molecule has 1 aromatic carbocycles. The summed E-state index contributed by atoms with van der Waals surface area (Å²) in [7, 11) is -3.31. The van der Waals surface area contributed by atoms with Crippen molar-refractivity contribution in [3.05, 3.63) is 35.6 Å². The normalized spacial score (nSPS) is 20.8. The van der Waals surface area contributed by atoms with Crippen LogP contribution in [0.4, 0.5) is 4.39 Å². The molecule has 0 atom stereocenters. The fraction of sp³-hybridized carbons (Fsp3) is 0.400. The summed E-state index contributed by atoms with van der Waals surface area (Å²) in [6.07, 6.45) is 0. The first-order valence-electron chi connectivity index (χ1n) is 4.88. The van der Waals surface area contributed by atoms with Gasteiger partial charge in [-0.1, -0.05) is 12.1 Å². The Hall–Kier alpha value is -0.980. The van der Waals surface area contributed by atoms with Crippen LogP contribution in [0.2, 0.25) is 0 Å². The zero-order valence-electron chi connectivity index (χ0n) is 8.60. The zero-order valence-corrected chi connectivity index (χ0v) is 9.41. The maximum atomic E-state index is 12.7. The van der Waals surface area contributed by atoms with Crippen LogP contribution in [0.1, 0.15) is 5.56 Å². The van der Waals surface area contributed by atoms with Crippen LogP contribution >= 0.6 is 0 Å². The monoisotopic (exact) mass is 245 g/mol. The summed E-state index contributed by atoms with van der Waals surface area (Å²) in [6, 6.07) is 5.81. The van der Waals surface area contributed by atoms with E-state index in [-0.39, 0.29) is 18.3 Å². The average Bonchev–Trinajstić information content (AvgIpc) is 2.24. The quantitative estimate of drug-likeness (QED) is 0.779. The van der Waals surface area contributed by atoms with Crippen LogP contribution in [0.3, 0.4) is 0 Å². The molecule has 0 amide bonds. The van der Waals surface area contributed by atoms with Crippen molar-refractivity contribution >= 4 is 10.0 Å². The maximum Gasteiger partial charge on any atom is 0.238 e. The standard InChI is InChI=1S/C10H12FNO3S/c11-10-3-1-9(2-4-10)7-12-5-6-15-8-16(12,13)14/h1-4H,5-8H2. The second kappa shape index (κ2) is 4.48. The molecule has 0 bridgehead atoms. The molecule has 2 rings (SSSR count). The number of nitrogens with zero attached hydrogens (tertiary/aromatic N) is 1. The molecule has 1 fully saturated rings. The molecule has 88 valence electrons. The van der Waals surface area contributed by atoms with Gasteiger partial charge in [0, 0.05) is 13.1 Å². The van der Waals surface area contributed by atoms with Gasteiger partial charge < -0.3 is 4.74 Å². The summed E-state index contributed by atoms with van der Waals surface area (Å²) in [6.45, 7) is 1.02. The van der Waals surface area contributed by atoms with Crippen LogP contribution in [0, 0.1) is 5.82 Å². The topological polar surface area (TPSA) is 46.6 Å². The summed E-state index contributed by atoms with van der Waals surface area (Å²) in [5.74, 6) is -0.595. The van der Waals surface area contributed by atoms with Gasteiger partial charge in [-0.05, 0) is 17.7 Å². The minimum Gasteiger partial charge on any atom is -0.363 e. The van der Waals surface area contributed by atoms with Crippen LogP contribution in [0.15, 0.2) is 24.3 Å². The van der Waals surface area contributed by atoms with Crippen LogP contribution in [0.25, 0.3) is 0 Å². The Morgan fingerprint density at radius 3 is 2.62 bits per heavy atom. The maximum absolute atomic E-state index is 12.7. The summed E-state index contributed by atoms with van der Waals surface area (Å²) in [5, 5.41) is 0. The Kier molecular flexibility index (Phi) is 3.22. The van der Waals surface area contributed by atoms with Crippen LogP contribution in [-0.2, 0) is 21.3 Å². The number of ether oxygens (including phenoxy) is 1. The third kappa shape index (κ3) is 2.58. The molecule has 1 aromatic rings. The Morgan fingerprint density at radius 2 is 2.00 bits per heavy atom. The fourth-order valence-corrected chi connectivity index (χ4v) is 2.69. The molecule has 6 heteroatoms. The average molecular weight is 245 g/mol. The summed E-state index contributed by atoms with van der Waals surface area (Å²) >= 11 is 0. The van der Waals surface area contributed by atoms with E-state index >= 15 is 0 Å². The largest absolute Gasteiger partial charge is 0.363 e. The minimum absolute atomic E-state index is 0.270. The predicted molar refractivity (Wildman–Crippen MR) is 56.5 cm³/mol. The lowest BCUT2D eigenvalue weighted by molar-refractivity contribution is 0.130. The van der Waals surface area contributed by atoms with E-state index in [1.54, 1.807) is 12.1 Å². The minimum atomic E-state index is -3.31. The van der Waals surface area contributed by atoms with Crippen molar-refractivity contribution in [2.45, 2.75) is 6.54 Å². The molecule has 0 aromatic heterocycles. The van der Waals surface area contributed by atoms with Crippen molar-refractivity contribution in [3.63, 3.8) is 0 Å². The Bertz CT molecular complexity index is 457. The van der Waals surface area contributed by atoms with E-state index < -0.39 is 10.0 Å². The van der Waals surface area contributed by atoms with Gasteiger partial charge in [-0.15, -0.1) is 0 Å². The molecule has 1 aliphatic rings. The van der Waals surface area contributed by atoms with Gasteiger partial charge in [0.25, 0.3) is 0 Å². The molecule has 1 aliphatic heterocycles. The van der Waals surface area contributed by atoms with Crippen molar-refractivity contribution in [1.29, 1.82) is 0 Å². The van der Waals surface area contributed by atoms with E-state index in [0.717, 1.165) is 5.56 Å². The van der Waals surface area contributed by atoms with Gasteiger partial charge in [-0.3, -0.25) is 0 Å². The van der Waals surface area contributed by atoms with Crippen molar-refractivity contribution < 1.29 is 17.5 Å². The first-order valence-corrected chi connectivity index (χ1v) is 6.49. The summed E-state index contributed by atoms with van der Waals surface area (Å²) < 4.78 is 42.1. The number of benzene rings is 1. The molecule has 0 radical (unpaired) electrons. The smallest absolute Gasteiger partial charge is 0.238 e. The molecular weight excluding hydrogens is 233 g/mol. The molecule has 0 aliphatic carbocycles. The first-order chi connectivity index (χ1) is 7.58. The van der Waals surface area contributed by atoms with Crippen molar-refractivity contribution in [2.75, 3.05) is 19.1 Å². The lowest BCUT2D eigenvalue weighted by Gasteiger charge is -2.26. The van der Waals surface area contributed by atoms with E-state index in [2.05, 4.69) is 0 Å². The third-order valence-electron chi connectivity index (χ3n) is 2.38. The molecule has 0 N–H and O–H groups in total. The van der Waals surface area contributed by atoms with Gasteiger partial charge in [0.05, 0.1) is 6.61 Å². The summed E-state index contributed by atoms with van der Waals surface area (Å²) in [5.41, 5.74) is 0.770. The highest BCUT2D eigenvalue weighted by atomic mass is 32.2. The number of hydrogen-bond acceptors (Lipinski definition) is 3. The SMILES string of the molecule is O=S1(=O)COCCN1Cc1ccc(F)cc1. The molecular formula is C10H12FNO3S. The molecule has 4 nitrogen and oxygen atoms in total. The van der Waals surface area contributed by atoms with Gasteiger partial charge >= 0.3 is 0 Å². The number of rotatable bonds is 2. The molecule has 1 saturated heterocycles. The lowest BCUT2D eigenvalue weighted by Crippen LogP contribution is -2.40. The van der Waals surface area contributed by atoms with Crippen molar-refractivity contribution in [3.8, 4) is 0 Å². The van der Waals surface area contributed by atoms with Crippen molar-refractivity contribution in [2.24, 2.45) is 0 Å². The van der Waals surface area contributed by atoms with E-state index in [4.69, 9.17) is 4.74 Å². The lowest BCUT2D eigenvalue weighted by atomic mass is 10.2. The Balaban J connectivity index is 2.11. The first kappa shape index (κ1) is 11.5. The Morgan fingerprint density at radius 1 is 1.31 bits per heavy atom. The zero-order chi connectivity index (χ0) is 11.6. The van der Waals surface area contributed by atoms with Crippen LogP contribution in [-0.4, -0.2) is 31.8 Å². The Labute approximate surface area is 93.7 Å². The second-order valence-electron chi connectivity index (χ2n) is 3.60. The van der Waals surface area contributed by atoms with Gasteiger partial charge in [-0.2, -0.15) is 4.31 Å². The van der Waals surface area contributed by atoms with E-state index in [9.17, 15) is 12.8 Å². The molecule has 0 saturated carbocycles. The fourth-order valence-electron chi connectivity index (χ4n) is 1.52. The number of halogens is 1. The van der Waals surface area contributed by atoms with Crippen LogP contribution in [0.5, 0.6) is 0 Å². The van der Waals surface area contributed by atoms with Gasteiger partial charge in [-0.25, -0.2) is 12.8 Å². The number of sulfonamides is 1. The van der Waals surface area contributed by atoms with E-state index in [0.29, 0.717) is 13.2 Å². The second-order valence-corrected chi connectivity index (χ2v) is 5.51. The van der Waals surface area contributed by atoms with Gasteiger partial charge in [0.2, 0.25) is 10.0 Å². The van der Waals surface area contributed by atoms with Crippen molar-refractivity contribution in [1.82, 2.24) is 4.31 Å². The van der Waals surface area contributed by atoms with E-state index in [1.807, 2.05) is 0 Å². The van der Waals surface area contributed by atoms with E-state index in [1.165, 1.54) is 16.4 Å². The highest BCUT2D eigenvalue weighted by Crippen LogP contribution is 2.13. The highest BCUT2D eigenvalue weighted by molar-refractivity contribution is 7.88. The molecule has 1 heterocycles. The third-order valence-corrected chi connectivity index (χ3v) is 3.95. The molecule has 0 unspecified atom stereocenters. The summed E-state index contributed by atoms with van der Waals surface area (Å²) in [4.78, 5) is 0. The van der Waals surface area contributed by atoms with Gasteiger partial charge in [0.15, 0.2) is 5.94 Å².